The molecular formula is C18H20F2O. The zero-order valence-corrected chi connectivity index (χ0v) is 12.6. The van der Waals surface area contributed by atoms with Gasteiger partial charge in [0, 0.05) is 6.42 Å². The summed E-state index contributed by atoms with van der Waals surface area (Å²) >= 11 is 0. The van der Waals surface area contributed by atoms with Crippen molar-refractivity contribution in [3.8, 4) is 5.75 Å². The lowest BCUT2D eigenvalue weighted by Crippen LogP contribution is -2.10. The van der Waals surface area contributed by atoms with Crippen molar-refractivity contribution in [2.75, 3.05) is 0 Å². The van der Waals surface area contributed by atoms with Gasteiger partial charge in [0.05, 0.1) is 0 Å². The Morgan fingerprint density at radius 3 is 2.14 bits per heavy atom. The van der Waals surface area contributed by atoms with Gasteiger partial charge >= 0.3 is 6.61 Å². The molecule has 0 aromatic heterocycles. The van der Waals surface area contributed by atoms with Crippen LogP contribution in [0.25, 0.3) is 0 Å². The second-order valence-electron chi connectivity index (χ2n) is 6.11. The fourth-order valence-corrected chi connectivity index (χ4v) is 2.20. The molecule has 0 saturated heterocycles. The Morgan fingerprint density at radius 1 is 0.952 bits per heavy atom. The fourth-order valence-electron chi connectivity index (χ4n) is 2.20. The van der Waals surface area contributed by atoms with E-state index in [4.69, 9.17) is 0 Å². The molecule has 0 spiro atoms. The highest BCUT2D eigenvalue weighted by Crippen LogP contribution is 2.26. The zero-order valence-electron chi connectivity index (χ0n) is 12.6. The highest BCUT2D eigenvalue weighted by atomic mass is 19.3. The Balaban J connectivity index is 2.19. The summed E-state index contributed by atoms with van der Waals surface area (Å²) in [6.07, 6.45) is 0.577. The zero-order chi connectivity index (χ0) is 15.5. The summed E-state index contributed by atoms with van der Waals surface area (Å²) in [6, 6.07) is 15.2. The Kier molecular flexibility index (Phi) is 4.61. The van der Waals surface area contributed by atoms with Gasteiger partial charge in [0.25, 0.3) is 0 Å². The summed E-state index contributed by atoms with van der Waals surface area (Å²) in [5.41, 5.74) is 3.20. The van der Waals surface area contributed by atoms with E-state index < -0.39 is 6.61 Å². The van der Waals surface area contributed by atoms with Crippen molar-refractivity contribution in [3.63, 3.8) is 0 Å². The maximum absolute atomic E-state index is 12.4. The maximum atomic E-state index is 12.4. The van der Waals surface area contributed by atoms with Crippen LogP contribution in [0, 0.1) is 0 Å². The van der Waals surface area contributed by atoms with Gasteiger partial charge in [-0.2, -0.15) is 8.78 Å². The van der Waals surface area contributed by atoms with Gasteiger partial charge in [0.2, 0.25) is 0 Å². The maximum Gasteiger partial charge on any atom is 0.387 e. The standard InChI is InChI=1S/C18H20F2O/c1-18(2,3)15-10-8-13(9-11-15)12-14-6-4-5-7-16(14)21-17(19)20/h4-11,17H,12H2,1-3H3. The molecule has 0 fully saturated rings. The Morgan fingerprint density at radius 2 is 1.57 bits per heavy atom. The quantitative estimate of drug-likeness (QED) is 0.754. The molecule has 2 aromatic rings. The fraction of sp³-hybridized carbons (Fsp3) is 0.333. The van der Waals surface area contributed by atoms with Crippen LogP contribution in [0.3, 0.4) is 0 Å². The SMILES string of the molecule is CC(C)(C)c1ccc(Cc2ccccc2OC(F)F)cc1. The molecular weight excluding hydrogens is 270 g/mol. The van der Waals surface area contributed by atoms with Crippen molar-refractivity contribution in [2.24, 2.45) is 0 Å². The van der Waals surface area contributed by atoms with Crippen LogP contribution in [-0.4, -0.2) is 6.61 Å². The number of halogens is 2. The third-order valence-electron chi connectivity index (χ3n) is 3.40. The van der Waals surface area contributed by atoms with Crippen LogP contribution < -0.4 is 4.74 Å². The largest absolute Gasteiger partial charge is 0.435 e. The van der Waals surface area contributed by atoms with E-state index in [-0.39, 0.29) is 11.2 Å². The summed E-state index contributed by atoms with van der Waals surface area (Å²) < 4.78 is 29.4. The van der Waals surface area contributed by atoms with Gasteiger partial charge in [0.15, 0.2) is 0 Å². The molecule has 0 N–H and O–H groups in total. The molecule has 112 valence electrons. The Labute approximate surface area is 124 Å². The number of para-hydroxylation sites is 1. The molecule has 0 aliphatic carbocycles. The predicted molar refractivity (Wildman–Crippen MR) is 81.0 cm³/mol. The summed E-state index contributed by atoms with van der Waals surface area (Å²) in [4.78, 5) is 0. The first kappa shape index (κ1) is 15.5. The number of hydrogen-bond donors (Lipinski definition) is 0. The van der Waals surface area contributed by atoms with Crippen LogP contribution in [0.5, 0.6) is 5.75 Å². The van der Waals surface area contributed by atoms with Crippen molar-refractivity contribution in [3.05, 3.63) is 65.2 Å². The van der Waals surface area contributed by atoms with Crippen LogP contribution >= 0.6 is 0 Å². The van der Waals surface area contributed by atoms with E-state index >= 15 is 0 Å². The Bertz CT molecular complexity index is 583. The smallest absolute Gasteiger partial charge is 0.387 e. The molecule has 0 radical (unpaired) electrons. The first-order valence-electron chi connectivity index (χ1n) is 6.98. The van der Waals surface area contributed by atoms with E-state index in [1.165, 1.54) is 5.56 Å². The number of alkyl halides is 2. The summed E-state index contributed by atoms with van der Waals surface area (Å²) in [5, 5.41) is 0. The van der Waals surface area contributed by atoms with Crippen LogP contribution in [0.4, 0.5) is 8.78 Å². The van der Waals surface area contributed by atoms with Gasteiger partial charge < -0.3 is 4.74 Å². The van der Waals surface area contributed by atoms with Gasteiger partial charge in [0.1, 0.15) is 5.75 Å². The monoisotopic (exact) mass is 290 g/mol. The van der Waals surface area contributed by atoms with Crippen LogP contribution in [0.1, 0.15) is 37.5 Å². The van der Waals surface area contributed by atoms with Crippen molar-refractivity contribution in [2.45, 2.75) is 39.2 Å². The first-order valence-corrected chi connectivity index (χ1v) is 6.98. The number of rotatable bonds is 4. The molecule has 0 unspecified atom stereocenters. The van der Waals surface area contributed by atoms with Crippen molar-refractivity contribution in [1.82, 2.24) is 0 Å². The van der Waals surface area contributed by atoms with Crippen molar-refractivity contribution < 1.29 is 13.5 Å². The van der Waals surface area contributed by atoms with Gasteiger partial charge in [-0.1, -0.05) is 63.2 Å². The molecule has 21 heavy (non-hydrogen) atoms. The molecule has 0 amide bonds. The normalized spacial score (nSPS) is 11.7. The lowest BCUT2D eigenvalue weighted by molar-refractivity contribution is -0.0503. The van der Waals surface area contributed by atoms with E-state index in [2.05, 4.69) is 37.6 Å². The van der Waals surface area contributed by atoms with Crippen molar-refractivity contribution >= 4 is 0 Å². The third kappa shape index (κ3) is 4.28. The Hall–Kier alpha value is -1.90. The molecule has 0 aliphatic heterocycles. The molecule has 2 aromatic carbocycles. The molecule has 0 heterocycles. The first-order chi connectivity index (χ1) is 9.86. The molecule has 0 bridgehead atoms. The van der Waals surface area contributed by atoms with Crippen LogP contribution in [0.2, 0.25) is 0 Å². The summed E-state index contributed by atoms with van der Waals surface area (Å²) in [7, 11) is 0. The molecule has 3 heteroatoms. The third-order valence-corrected chi connectivity index (χ3v) is 3.40. The molecule has 2 rings (SSSR count). The molecule has 1 nitrogen and oxygen atoms in total. The van der Waals surface area contributed by atoms with E-state index in [1.54, 1.807) is 12.1 Å². The minimum Gasteiger partial charge on any atom is -0.435 e. The number of ether oxygens (including phenoxy) is 1. The molecule has 0 saturated carbocycles. The second-order valence-corrected chi connectivity index (χ2v) is 6.11. The second kappa shape index (κ2) is 6.25. The van der Waals surface area contributed by atoms with Crippen molar-refractivity contribution in [1.29, 1.82) is 0 Å². The van der Waals surface area contributed by atoms with Crippen LogP contribution in [0.15, 0.2) is 48.5 Å². The lowest BCUT2D eigenvalue weighted by atomic mass is 9.86. The predicted octanol–water partition coefficient (Wildman–Crippen LogP) is 5.18. The summed E-state index contributed by atoms with van der Waals surface area (Å²) in [6.45, 7) is 3.68. The average molecular weight is 290 g/mol. The van der Waals surface area contributed by atoms with E-state index in [0.29, 0.717) is 6.42 Å². The average Bonchev–Trinajstić information content (AvgIpc) is 2.40. The lowest BCUT2D eigenvalue weighted by Gasteiger charge is -2.19. The molecule has 0 atom stereocenters. The van der Waals surface area contributed by atoms with E-state index in [1.807, 2.05) is 24.3 Å². The van der Waals surface area contributed by atoms with E-state index in [9.17, 15) is 8.78 Å². The van der Waals surface area contributed by atoms with Gasteiger partial charge in [-0.15, -0.1) is 0 Å². The highest BCUT2D eigenvalue weighted by Gasteiger charge is 2.13. The summed E-state index contributed by atoms with van der Waals surface area (Å²) in [5.74, 6) is 0.243. The van der Waals surface area contributed by atoms with E-state index in [0.717, 1.165) is 11.1 Å². The number of benzene rings is 2. The minimum atomic E-state index is -2.80. The van der Waals surface area contributed by atoms with Gasteiger partial charge in [-0.25, -0.2) is 0 Å². The molecule has 0 aliphatic rings. The van der Waals surface area contributed by atoms with Crippen LogP contribution in [-0.2, 0) is 11.8 Å². The van der Waals surface area contributed by atoms with Gasteiger partial charge in [-0.3, -0.25) is 0 Å². The number of hydrogen-bond acceptors (Lipinski definition) is 1. The minimum absolute atomic E-state index is 0.106. The highest BCUT2D eigenvalue weighted by molar-refractivity contribution is 5.38. The topological polar surface area (TPSA) is 9.23 Å². The van der Waals surface area contributed by atoms with Gasteiger partial charge in [-0.05, 0) is 28.2 Å².